The van der Waals surface area contributed by atoms with E-state index >= 15 is 8.78 Å². The van der Waals surface area contributed by atoms with E-state index in [2.05, 4.69) is 0 Å². The number of rotatable bonds is 14. The number of hydrogen-bond donors (Lipinski definition) is 0. The highest BCUT2D eigenvalue weighted by molar-refractivity contribution is 6.28. The minimum absolute atomic E-state index is 0.126. The van der Waals surface area contributed by atoms with E-state index in [0.29, 0.717) is 65.7 Å². The number of anilines is 6. The Morgan fingerprint density at radius 2 is 0.489 bits per heavy atom. The third-order valence-corrected chi connectivity index (χ3v) is 17.4. The van der Waals surface area contributed by atoms with Gasteiger partial charge in [-0.25, -0.2) is 8.78 Å². The summed E-state index contributed by atoms with van der Waals surface area (Å²) in [5.41, 5.74) is 11.1. The quantitative estimate of drug-likeness (QED) is 0.100. The molecule has 16 rings (SSSR count). The molecule has 0 bridgehead atoms. The smallest absolute Gasteiger partial charge is 0.155 e. The van der Waals surface area contributed by atoms with Crippen molar-refractivity contribution in [3.8, 4) is 89.0 Å². The normalized spacial score (nSPS) is 12.9. The van der Waals surface area contributed by atoms with Crippen LogP contribution in [0.5, 0.6) is 0 Å². The number of halogens is 2. The molecular weight excluding hydrogens is 1120 g/mol. The van der Waals surface area contributed by atoms with Gasteiger partial charge in [0.15, 0.2) is 11.6 Å². The van der Waals surface area contributed by atoms with Gasteiger partial charge < -0.3 is 9.80 Å². The van der Waals surface area contributed by atoms with Crippen molar-refractivity contribution in [3.63, 3.8) is 0 Å². The van der Waals surface area contributed by atoms with Gasteiger partial charge in [0.1, 0.15) is 0 Å². The molecular formula is C88H58F2N2. The molecule has 0 saturated carbocycles. The Balaban J connectivity index is 0.949. The molecule has 0 aliphatic heterocycles. The van der Waals surface area contributed by atoms with E-state index in [1.165, 1.54) is 9.80 Å². The van der Waals surface area contributed by atoms with Crippen LogP contribution in [0, 0.1) is 11.6 Å². The van der Waals surface area contributed by atoms with E-state index < -0.39 is 72.1 Å². The van der Waals surface area contributed by atoms with Crippen LogP contribution < -0.4 is 9.80 Å². The zero-order valence-corrected chi connectivity index (χ0v) is 49.4. The van der Waals surface area contributed by atoms with Gasteiger partial charge in [-0.05, 0) is 160 Å². The highest BCUT2D eigenvalue weighted by Crippen LogP contribution is 2.51. The number of para-hydroxylation sites is 2. The van der Waals surface area contributed by atoms with Gasteiger partial charge in [-0.2, -0.15) is 0 Å². The predicted octanol–water partition coefficient (Wildman–Crippen LogP) is 25.1. The van der Waals surface area contributed by atoms with Crippen LogP contribution in [0.25, 0.3) is 121 Å². The Labute approximate surface area is 548 Å². The van der Waals surface area contributed by atoms with Gasteiger partial charge in [0.25, 0.3) is 0 Å². The van der Waals surface area contributed by atoms with Crippen molar-refractivity contribution in [1.82, 2.24) is 0 Å². The van der Waals surface area contributed by atoms with E-state index in [4.69, 9.17) is 8.22 Å². The second-order valence-corrected chi connectivity index (χ2v) is 22.7. The third kappa shape index (κ3) is 10.3. The van der Waals surface area contributed by atoms with Crippen LogP contribution in [0.1, 0.15) is 13.7 Å². The molecule has 0 aliphatic rings. The molecule has 0 aliphatic carbocycles. The van der Waals surface area contributed by atoms with Crippen LogP contribution in [-0.2, 0) is 0 Å². The summed E-state index contributed by atoms with van der Waals surface area (Å²) < 4.78 is 131. The Morgan fingerprint density at radius 3 is 0.793 bits per heavy atom. The SMILES string of the molecule is [2H]c1c([2H])c([2H])c(N(c2cc(-c3ccc(-c4ccccc4)cc3)cc(-c3ccc(-c4ccccc4)cc3)c2F)c2ccc3ccc4c(N(c5cc(-c6ccc(-c7ccccc7)cc6)cc(-c6ccc(-c7ccccc7)cc6)c5F)c5c([2H])c([2H])c([2H])c([2H])c5[2H])ccc5ccc2c3c54)c([2H])c1[2H]. The van der Waals surface area contributed by atoms with Gasteiger partial charge >= 0.3 is 0 Å². The molecule has 0 fully saturated rings. The van der Waals surface area contributed by atoms with Crippen LogP contribution in [0.2, 0.25) is 0 Å². The maximum Gasteiger partial charge on any atom is 0.155 e. The number of hydrogen-bond acceptors (Lipinski definition) is 2. The lowest BCUT2D eigenvalue weighted by Gasteiger charge is -2.30. The summed E-state index contributed by atoms with van der Waals surface area (Å²) in [4.78, 5) is 2.85. The predicted molar refractivity (Wildman–Crippen MR) is 383 cm³/mol. The van der Waals surface area contributed by atoms with Gasteiger partial charge in [0.05, 0.1) is 36.5 Å². The molecule has 16 aromatic carbocycles. The minimum Gasteiger partial charge on any atom is -0.307 e. The fourth-order valence-electron chi connectivity index (χ4n) is 12.8. The standard InChI is InChI=1S/C88H58F2N2/c89-87-79(69-43-39-65(40-44-69)61-23-11-3-12-24-61)55-73(67-35-31-63(32-36-67)59-19-7-1-8-20-59)57-83(87)91(75-27-15-5-16-28-75)81-53-49-71-48-52-78-82(54-50-72-47-51-77(81)85(71)86(72)78)92(76-29-17-6-18-30-76)84-58-74(68-37-33-64(34-38-68)60-21-9-2-10-22-60)56-80(88(84)90)70-45-41-66(42-46-70)62-25-13-4-14-26-62/h1-58H/i5D,6D,15D,16D,17D,18D,27D,28D,29D,30D. The first-order valence-electron chi connectivity index (χ1n) is 35.3. The van der Waals surface area contributed by atoms with Gasteiger partial charge in [0.2, 0.25) is 0 Å². The topological polar surface area (TPSA) is 6.48 Å². The van der Waals surface area contributed by atoms with Gasteiger partial charge in [0, 0.05) is 33.3 Å². The maximum absolute atomic E-state index is 19.0. The fraction of sp³-hybridized carbons (Fsp3) is 0. The van der Waals surface area contributed by atoms with Crippen LogP contribution in [0.15, 0.2) is 352 Å². The van der Waals surface area contributed by atoms with Gasteiger partial charge in [-0.15, -0.1) is 0 Å². The fourth-order valence-corrected chi connectivity index (χ4v) is 12.8. The van der Waals surface area contributed by atoms with Crippen molar-refractivity contribution in [1.29, 1.82) is 0 Å². The van der Waals surface area contributed by atoms with E-state index in [-0.39, 0.29) is 45.3 Å². The molecule has 434 valence electrons. The first-order chi connectivity index (χ1) is 49.6. The van der Waals surface area contributed by atoms with E-state index in [9.17, 15) is 5.48 Å². The number of nitrogens with zero attached hydrogens (tertiary/aromatic N) is 2. The first-order valence-corrected chi connectivity index (χ1v) is 30.3. The molecule has 0 spiro atoms. The van der Waals surface area contributed by atoms with E-state index in [1.807, 2.05) is 255 Å². The van der Waals surface area contributed by atoms with E-state index in [0.717, 1.165) is 44.5 Å². The zero-order valence-electron chi connectivity index (χ0n) is 59.4. The summed E-state index contributed by atoms with van der Waals surface area (Å²) in [5.74, 6) is -1.49. The van der Waals surface area contributed by atoms with Crippen molar-refractivity contribution >= 4 is 66.4 Å². The molecule has 0 heterocycles. The second kappa shape index (κ2) is 23.8. The van der Waals surface area contributed by atoms with Crippen LogP contribution in [-0.4, -0.2) is 0 Å². The Morgan fingerprint density at radius 1 is 0.228 bits per heavy atom. The lowest BCUT2D eigenvalue weighted by Crippen LogP contribution is -2.14. The van der Waals surface area contributed by atoms with Crippen molar-refractivity contribution in [2.24, 2.45) is 0 Å². The molecule has 0 N–H and O–H groups in total. The van der Waals surface area contributed by atoms with Crippen molar-refractivity contribution < 1.29 is 22.5 Å². The second-order valence-electron chi connectivity index (χ2n) is 22.7. The first kappa shape index (κ1) is 45.3. The monoisotopic (exact) mass is 1190 g/mol. The lowest BCUT2D eigenvalue weighted by atomic mass is 9.91. The molecule has 2 nitrogen and oxygen atoms in total. The highest BCUT2D eigenvalue weighted by atomic mass is 19.1. The average Bonchev–Trinajstić information content (AvgIpc) is 0.714. The molecule has 0 atom stereocenters. The summed E-state index contributed by atoms with van der Waals surface area (Å²) in [6.45, 7) is 0. The molecule has 0 aromatic heterocycles. The van der Waals surface area contributed by atoms with Crippen molar-refractivity contribution in [3.05, 3.63) is 363 Å². The summed E-state index contributed by atoms with van der Waals surface area (Å²) >= 11 is 0. The summed E-state index contributed by atoms with van der Waals surface area (Å²) in [6, 6.07) is 85.6. The largest absolute Gasteiger partial charge is 0.307 e. The molecule has 92 heavy (non-hydrogen) atoms. The molecule has 0 unspecified atom stereocenters. The Bertz CT molecular complexity index is 5500. The van der Waals surface area contributed by atoms with Crippen LogP contribution in [0.3, 0.4) is 0 Å². The third-order valence-electron chi connectivity index (χ3n) is 17.4. The van der Waals surface area contributed by atoms with Crippen molar-refractivity contribution in [2.75, 3.05) is 9.80 Å². The van der Waals surface area contributed by atoms with Crippen LogP contribution >= 0.6 is 0 Å². The Kier molecular flexibility index (Phi) is 11.7. The molecule has 0 amide bonds. The minimum atomic E-state index is -0.746. The number of benzene rings is 16. The van der Waals surface area contributed by atoms with Crippen LogP contribution in [0.4, 0.5) is 42.9 Å². The molecule has 0 radical (unpaired) electrons. The van der Waals surface area contributed by atoms with Gasteiger partial charge in [-0.1, -0.05) is 291 Å². The highest BCUT2D eigenvalue weighted by Gasteiger charge is 2.28. The zero-order chi connectivity index (χ0) is 70.2. The lowest BCUT2D eigenvalue weighted by molar-refractivity contribution is 0.632. The average molecular weight is 1190 g/mol. The van der Waals surface area contributed by atoms with Gasteiger partial charge in [-0.3, -0.25) is 0 Å². The summed E-state index contributed by atoms with van der Waals surface area (Å²) in [7, 11) is 0. The molecule has 16 aromatic rings. The maximum atomic E-state index is 19.0. The Hall–Kier alpha value is -12.0. The molecule has 4 heteroatoms. The van der Waals surface area contributed by atoms with E-state index in [1.54, 1.807) is 36.4 Å². The summed E-state index contributed by atoms with van der Waals surface area (Å²) in [5, 5.41) is 3.45. The molecule has 0 saturated heterocycles. The van der Waals surface area contributed by atoms with Crippen molar-refractivity contribution in [2.45, 2.75) is 0 Å². The summed E-state index contributed by atoms with van der Waals surface area (Å²) in [6.07, 6.45) is 0.